The Labute approximate surface area is 138 Å². The number of benzene rings is 2. The first-order valence-electron chi connectivity index (χ1n) is 7.04. The molecule has 0 saturated carbocycles. The molecule has 3 N–H and O–H groups in total. The van der Waals surface area contributed by atoms with Gasteiger partial charge in [0.25, 0.3) is 0 Å². The molecule has 0 spiro atoms. The van der Waals surface area contributed by atoms with Crippen LogP contribution in [-0.2, 0) is 6.54 Å². The van der Waals surface area contributed by atoms with Crippen LogP contribution in [-0.4, -0.2) is 16.2 Å². The van der Waals surface area contributed by atoms with Gasteiger partial charge in [-0.1, -0.05) is 12.1 Å². The molecule has 23 heavy (non-hydrogen) atoms. The van der Waals surface area contributed by atoms with Crippen molar-refractivity contribution in [3.05, 3.63) is 53.6 Å². The number of thioether (sulfide) groups is 1. The standard InChI is InChI=1S/C17H15N5S/c1-23-16-14-8-13(6-7-15(14)21-17(19)22-16)20-10-12-4-2-11(9-18)3-5-12/h2-8,20H,10H2,1H3,(H2,19,21,22). The summed E-state index contributed by atoms with van der Waals surface area (Å²) >= 11 is 1.55. The zero-order valence-electron chi connectivity index (χ0n) is 12.6. The maximum atomic E-state index is 8.82. The van der Waals surface area contributed by atoms with Crippen molar-refractivity contribution in [2.75, 3.05) is 17.3 Å². The topological polar surface area (TPSA) is 87.6 Å². The lowest BCUT2D eigenvalue weighted by atomic mass is 10.1. The van der Waals surface area contributed by atoms with E-state index >= 15 is 0 Å². The molecule has 0 aliphatic heterocycles. The fourth-order valence-electron chi connectivity index (χ4n) is 2.28. The first-order chi connectivity index (χ1) is 11.2. The van der Waals surface area contributed by atoms with E-state index in [1.54, 1.807) is 11.8 Å². The highest BCUT2D eigenvalue weighted by atomic mass is 32.2. The molecule has 1 aromatic heterocycles. The maximum absolute atomic E-state index is 8.82. The van der Waals surface area contributed by atoms with Gasteiger partial charge in [-0.15, -0.1) is 11.8 Å². The highest BCUT2D eigenvalue weighted by Crippen LogP contribution is 2.27. The highest BCUT2D eigenvalue weighted by Gasteiger charge is 2.06. The number of fused-ring (bicyclic) bond motifs is 1. The van der Waals surface area contributed by atoms with Crippen LogP contribution in [0.4, 0.5) is 11.6 Å². The normalized spacial score (nSPS) is 10.4. The number of nitrogen functional groups attached to an aromatic ring is 1. The van der Waals surface area contributed by atoms with Gasteiger partial charge in [0.1, 0.15) is 5.03 Å². The molecular weight excluding hydrogens is 306 g/mol. The lowest BCUT2D eigenvalue weighted by Crippen LogP contribution is -2.01. The molecule has 2 aromatic carbocycles. The number of rotatable bonds is 4. The smallest absolute Gasteiger partial charge is 0.221 e. The predicted molar refractivity (Wildman–Crippen MR) is 94.2 cm³/mol. The molecule has 0 radical (unpaired) electrons. The van der Waals surface area contributed by atoms with E-state index in [4.69, 9.17) is 11.0 Å². The van der Waals surface area contributed by atoms with E-state index < -0.39 is 0 Å². The van der Waals surface area contributed by atoms with Crippen molar-refractivity contribution in [2.45, 2.75) is 11.6 Å². The summed E-state index contributed by atoms with van der Waals surface area (Å²) in [6.07, 6.45) is 1.97. The van der Waals surface area contributed by atoms with E-state index in [1.165, 1.54) is 0 Å². The van der Waals surface area contributed by atoms with Crippen LogP contribution in [0.25, 0.3) is 10.9 Å². The first kappa shape index (κ1) is 15.1. The Morgan fingerprint density at radius 1 is 1.17 bits per heavy atom. The van der Waals surface area contributed by atoms with Gasteiger partial charge in [0.2, 0.25) is 5.95 Å². The zero-order valence-corrected chi connectivity index (χ0v) is 13.4. The Morgan fingerprint density at radius 2 is 1.96 bits per heavy atom. The molecule has 114 valence electrons. The second-order valence-corrected chi connectivity index (χ2v) is 5.78. The summed E-state index contributed by atoms with van der Waals surface area (Å²) < 4.78 is 0. The number of hydrogen-bond acceptors (Lipinski definition) is 6. The van der Waals surface area contributed by atoms with Gasteiger partial charge in [-0.2, -0.15) is 5.26 Å². The lowest BCUT2D eigenvalue weighted by molar-refractivity contribution is 1.12. The van der Waals surface area contributed by atoms with Gasteiger partial charge in [-0.05, 0) is 42.2 Å². The van der Waals surface area contributed by atoms with Gasteiger partial charge in [-0.25, -0.2) is 9.97 Å². The van der Waals surface area contributed by atoms with E-state index in [9.17, 15) is 0 Å². The van der Waals surface area contributed by atoms with Gasteiger partial charge in [0.15, 0.2) is 0 Å². The summed E-state index contributed by atoms with van der Waals surface area (Å²) in [7, 11) is 0. The minimum atomic E-state index is 0.292. The van der Waals surface area contributed by atoms with Gasteiger partial charge < -0.3 is 11.1 Å². The minimum Gasteiger partial charge on any atom is -0.381 e. The van der Waals surface area contributed by atoms with Crippen molar-refractivity contribution in [1.82, 2.24) is 9.97 Å². The molecule has 0 fully saturated rings. The van der Waals surface area contributed by atoms with Crippen molar-refractivity contribution in [3.8, 4) is 6.07 Å². The third-order valence-electron chi connectivity index (χ3n) is 3.45. The second-order valence-electron chi connectivity index (χ2n) is 4.99. The average Bonchev–Trinajstić information content (AvgIpc) is 2.59. The Balaban J connectivity index is 1.82. The number of nitriles is 1. The van der Waals surface area contributed by atoms with Crippen LogP contribution in [0.15, 0.2) is 47.5 Å². The SMILES string of the molecule is CSc1nc(N)nc2ccc(NCc3ccc(C#N)cc3)cc12. The molecule has 0 atom stereocenters. The Hall–Kier alpha value is -2.78. The average molecular weight is 321 g/mol. The summed E-state index contributed by atoms with van der Waals surface area (Å²) in [6.45, 7) is 0.682. The largest absolute Gasteiger partial charge is 0.381 e. The Morgan fingerprint density at radius 3 is 2.65 bits per heavy atom. The molecule has 0 aliphatic rings. The fourth-order valence-corrected chi connectivity index (χ4v) is 2.85. The van der Waals surface area contributed by atoms with E-state index in [-0.39, 0.29) is 0 Å². The molecule has 0 aliphatic carbocycles. The summed E-state index contributed by atoms with van der Waals surface area (Å²) in [4.78, 5) is 8.53. The Bertz CT molecular complexity index is 884. The number of nitrogens with two attached hydrogens (primary N) is 1. The van der Waals surface area contributed by atoms with E-state index in [0.29, 0.717) is 18.1 Å². The van der Waals surface area contributed by atoms with Crippen LogP contribution in [0.1, 0.15) is 11.1 Å². The maximum Gasteiger partial charge on any atom is 0.221 e. The number of nitrogens with zero attached hydrogens (tertiary/aromatic N) is 3. The minimum absolute atomic E-state index is 0.292. The number of hydrogen-bond donors (Lipinski definition) is 2. The van der Waals surface area contributed by atoms with E-state index in [0.717, 1.165) is 27.2 Å². The van der Waals surface area contributed by atoms with E-state index in [1.807, 2.05) is 48.7 Å². The number of anilines is 2. The quantitative estimate of drug-likeness (QED) is 0.565. The van der Waals surface area contributed by atoms with Crippen LogP contribution in [0.2, 0.25) is 0 Å². The third-order valence-corrected chi connectivity index (χ3v) is 4.15. The van der Waals surface area contributed by atoms with Crippen molar-refractivity contribution < 1.29 is 0 Å². The van der Waals surface area contributed by atoms with Crippen LogP contribution in [0, 0.1) is 11.3 Å². The number of nitrogens with one attached hydrogen (secondary N) is 1. The molecule has 0 saturated heterocycles. The molecule has 3 rings (SSSR count). The van der Waals surface area contributed by atoms with Gasteiger partial charge in [0, 0.05) is 17.6 Å². The van der Waals surface area contributed by atoms with Crippen molar-refractivity contribution in [1.29, 1.82) is 5.26 Å². The molecule has 1 heterocycles. The lowest BCUT2D eigenvalue weighted by Gasteiger charge is -2.09. The summed E-state index contributed by atoms with van der Waals surface area (Å²) in [6, 6.07) is 15.6. The van der Waals surface area contributed by atoms with Crippen LogP contribution in [0.5, 0.6) is 0 Å². The number of aromatic nitrogens is 2. The van der Waals surface area contributed by atoms with Crippen molar-refractivity contribution >= 4 is 34.3 Å². The molecule has 5 nitrogen and oxygen atoms in total. The summed E-state index contributed by atoms with van der Waals surface area (Å²) in [5.41, 5.74) is 9.33. The van der Waals surface area contributed by atoms with Gasteiger partial charge >= 0.3 is 0 Å². The highest BCUT2D eigenvalue weighted by molar-refractivity contribution is 7.98. The predicted octanol–water partition coefficient (Wildman–Crippen LogP) is 3.42. The van der Waals surface area contributed by atoms with Gasteiger partial charge in [-0.3, -0.25) is 0 Å². The summed E-state index contributed by atoms with van der Waals surface area (Å²) in [5.74, 6) is 0.292. The molecule has 3 aromatic rings. The monoisotopic (exact) mass is 321 g/mol. The van der Waals surface area contributed by atoms with Crippen LogP contribution in [0.3, 0.4) is 0 Å². The first-order valence-corrected chi connectivity index (χ1v) is 8.26. The van der Waals surface area contributed by atoms with Crippen molar-refractivity contribution in [2.24, 2.45) is 0 Å². The third kappa shape index (κ3) is 3.35. The van der Waals surface area contributed by atoms with Gasteiger partial charge in [0.05, 0.1) is 17.1 Å². The fraction of sp³-hybridized carbons (Fsp3) is 0.118. The van der Waals surface area contributed by atoms with E-state index in [2.05, 4.69) is 21.4 Å². The van der Waals surface area contributed by atoms with Crippen LogP contribution >= 0.6 is 11.8 Å². The molecule has 0 bridgehead atoms. The summed E-state index contributed by atoms with van der Waals surface area (Å²) in [5, 5.41) is 14.0. The van der Waals surface area contributed by atoms with Crippen molar-refractivity contribution in [3.63, 3.8) is 0 Å². The Kier molecular flexibility index (Phi) is 4.31. The zero-order chi connectivity index (χ0) is 16.2. The molecule has 0 amide bonds. The molecule has 6 heteroatoms. The molecular formula is C17H15N5S. The van der Waals surface area contributed by atoms with Crippen LogP contribution < -0.4 is 11.1 Å². The second kappa shape index (κ2) is 6.55. The molecule has 0 unspecified atom stereocenters.